The molecule has 1 saturated heterocycles. The fourth-order valence-electron chi connectivity index (χ4n) is 8.36. The highest BCUT2D eigenvalue weighted by Gasteiger charge is 2.41. The standard InChI is InChI=1S/C38H41ClFN7O3/c1-20-29-13-9-22-17-31(46(35(22)43-29)14-6-4-5-7-25-26(37(48)42-20)11-12-27(39)33(25)40)36-44-30-16-23(18-32(50-3)34(30)45(36)2)38(49)47-19-28(41)21-8-10-24(47)15-21/h9,11-13,16-18,20-21,24,28H,4-8,10,14-15,19,41H2,1-3H3,(H,42,48)/t20-,21-,24+,28+/m1/s1. The zero-order valence-electron chi connectivity index (χ0n) is 28.5. The number of benzene rings is 2. The molecule has 4 bridgehead atoms. The molecule has 3 N–H and O–H groups in total. The molecule has 2 aliphatic heterocycles. The lowest BCUT2D eigenvalue weighted by Gasteiger charge is -2.37. The normalized spacial score (nSPS) is 22.5. The van der Waals surface area contributed by atoms with Crippen LogP contribution in [0.5, 0.6) is 5.75 Å². The van der Waals surface area contributed by atoms with Crippen LogP contribution in [0.1, 0.15) is 83.5 Å². The molecule has 50 heavy (non-hydrogen) atoms. The molecule has 8 rings (SSSR count). The van der Waals surface area contributed by atoms with E-state index in [-0.39, 0.29) is 28.9 Å². The Bertz CT molecular complexity index is 2180. The van der Waals surface area contributed by atoms with E-state index in [2.05, 4.69) is 16.0 Å². The van der Waals surface area contributed by atoms with Crippen LogP contribution in [0.4, 0.5) is 4.39 Å². The van der Waals surface area contributed by atoms with Crippen molar-refractivity contribution in [3.8, 4) is 17.3 Å². The number of fused-ring (bicyclic) bond motifs is 5. The van der Waals surface area contributed by atoms with Crippen molar-refractivity contribution in [1.82, 2.24) is 29.3 Å². The van der Waals surface area contributed by atoms with Crippen molar-refractivity contribution in [3.63, 3.8) is 0 Å². The highest BCUT2D eigenvalue weighted by atomic mass is 35.5. The largest absolute Gasteiger partial charge is 0.494 e. The van der Waals surface area contributed by atoms with Crippen LogP contribution in [0.15, 0.2) is 42.5 Å². The first-order chi connectivity index (χ1) is 24.1. The molecule has 0 radical (unpaired) electrons. The lowest BCUT2D eigenvalue weighted by molar-refractivity contribution is 0.0603. The monoisotopic (exact) mass is 697 g/mol. The Morgan fingerprint density at radius 3 is 2.76 bits per heavy atom. The number of aromatic nitrogens is 4. The predicted molar refractivity (Wildman–Crippen MR) is 191 cm³/mol. The summed E-state index contributed by atoms with van der Waals surface area (Å²) in [5.41, 5.74) is 11.5. The second-order valence-electron chi connectivity index (χ2n) is 14.1. The lowest BCUT2D eigenvalue weighted by atomic mass is 9.94. The first-order valence-electron chi connectivity index (χ1n) is 17.5. The fraction of sp³-hybridized carbons (Fsp3) is 0.421. The molecule has 0 spiro atoms. The van der Waals surface area contributed by atoms with Crippen LogP contribution in [-0.4, -0.2) is 61.6 Å². The van der Waals surface area contributed by atoms with E-state index < -0.39 is 11.9 Å². The Hall–Kier alpha value is -4.48. The summed E-state index contributed by atoms with van der Waals surface area (Å²) >= 11 is 6.13. The number of nitrogens with two attached hydrogens (primary N) is 1. The van der Waals surface area contributed by atoms with E-state index in [0.29, 0.717) is 71.3 Å². The van der Waals surface area contributed by atoms with E-state index in [1.807, 2.05) is 47.7 Å². The average Bonchev–Trinajstić information content (AvgIpc) is 3.80. The Kier molecular flexibility index (Phi) is 8.30. The molecule has 2 aromatic carbocycles. The van der Waals surface area contributed by atoms with E-state index in [4.69, 9.17) is 32.0 Å². The minimum absolute atomic E-state index is 0.00149. The number of nitrogens with zero attached hydrogens (tertiary/aromatic N) is 5. The molecular formula is C38H41ClFN7O3. The molecule has 1 aliphatic carbocycles. The van der Waals surface area contributed by atoms with Gasteiger partial charge >= 0.3 is 0 Å². The van der Waals surface area contributed by atoms with Gasteiger partial charge in [0.2, 0.25) is 0 Å². The predicted octanol–water partition coefficient (Wildman–Crippen LogP) is 6.56. The second-order valence-corrected chi connectivity index (χ2v) is 14.5. The van der Waals surface area contributed by atoms with Gasteiger partial charge in [0, 0.05) is 54.3 Å². The Morgan fingerprint density at radius 2 is 1.94 bits per heavy atom. The van der Waals surface area contributed by atoms with Crippen LogP contribution >= 0.6 is 11.6 Å². The van der Waals surface area contributed by atoms with Gasteiger partial charge in [0.05, 0.1) is 35.1 Å². The SMILES string of the molecule is COc1cc(C(=O)N2C[C@H](N)[C@@H]3CC[C@H]2C3)cc2nc(-c3cc4ccc5nc4n3CCCCCc3c(ccc(Cl)c3F)C(=O)N[C@@H]5C)n(C)c12. The molecule has 12 heteroatoms. The van der Waals surface area contributed by atoms with Gasteiger partial charge in [-0.15, -0.1) is 0 Å². The number of hydrogen-bond acceptors (Lipinski definition) is 6. The average molecular weight is 698 g/mol. The van der Waals surface area contributed by atoms with Gasteiger partial charge in [-0.3, -0.25) is 9.59 Å². The molecule has 2 fully saturated rings. The van der Waals surface area contributed by atoms with Gasteiger partial charge in [0.1, 0.15) is 22.7 Å². The van der Waals surface area contributed by atoms with Gasteiger partial charge < -0.3 is 29.8 Å². The van der Waals surface area contributed by atoms with Crippen LogP contribution < -0.4 is 15.8 Å². The molecule has 0 unspecified atom stereocenters. The summed E-state index contributed by atoms with van der Waals surface area (Å²) in [5.74, 6) is 0.849. The topological polar surface area (TPSA) is 120 Å². The number of likely N-dealkylation sites (tertiary alicyclic amines) is 1. The minimum Gasteiger partial charge on any atom is -0.494 e. The van der Waals surface area contributed by atoms with Gasteiger partial charge in [-0.25, -0.2) is 14.4 Å². The summed E-state index contributed by atoms with van der Waals surface area (Å²) in [5, 5.41) is 3.98. The summed E-state index contributed by atoms with van der Waals surface area (Å²) in [6.45, 7) is 3.09. The number of amides is 2. The molecule has 5 heterocycles. The van der Waals surface area contributed by atoms with E-state index in [1.54, 1.807) is 13.2 Å². The summed E-state index contributed by atoms with van der Waals surface area (Å²) in [4.78, 5) is 39.4. The number of carbonyl (C=O) groups excluding carboxylic acids is 2. The summed E-state index contributed by atoms with van der Waals surface area (Å²) in [6.07, 6.45) is 5.70. The first kappa shape index (κ1) is 32.7. The molecular weight excluding hydrogens is 657 g/mol. The van der Waals surface area contributed by atoms with E-state index in [0.717, 1.165) is 54.3 Å². The van der Waals surface area contributed by atoms with Gasteiger partial charge in [-0.2, -0.15) is 0 Å². The second kappa shape index (κ2) is 12.7. The van der Waals surface area contributed by atoms with Crippen molar-refractivity contribution >= 4 is 45.5 Å². The number of hydrogen-bond donors (Lipinski definition) is 2. The molecule has 3 aliphatic rings. The molecule has 1 saturated carbocycles. The van der Waals surface area contributed by atoms with Crippen LogP contribution in [0.25, 0.3) is 33.6 Å². The Morgan fingerprint density at radius 1 is 1.10 bits per heavy atom. The zero-order chi connectivity index (χ0) is 34.8. The van der Waals surface area contributed by atoms with Gasteiger partial charge in [-0.1, -0.05) is 18.0 Å². The number of piperidine rings is 1. The maximum atomic E-state index is 15.2. The van der Waals surface area contributed by atoms with E-state index in [9.17, 15) is 9.59 Å². The number of rotatable bonds is 3. The number of aryl methyl sites for hydroxylation is 2. The quantitative estimate of drug-likeness (QED) is 0.220. The van der Waals surface area contributed by atoms with Crippen LogP contribution in [0.2, 0.25) is 5.02 Å². The maximum absolute atomic E-state index is 15.2. The molecule has 3 aromatic heterocycles. The number of pyridine rings is 1. The number of halogens is 2. The highest BCUT2D eigenvalue weighted by molar-refractivity contribution is 6.31. The Balaban J connectivity index is 1.19. The number of imidazole rings is 1. The van der Waals surface area contributed by atoms with E-state index in [1.165, 1.54) is 6.07 Å². The van der Waals surface area contributed by atoms with Crippen LogP contribution in [-0.2, 0) is 20.0 Å². The van der Waals surface area contributed by atoms with E-state index >= 15 is 4.39 Å². The third kappa shape index (κ3) is 5.42. The summed E-state index contributed by atoms with van der Waals surface area (Å²) in [6, 6.07) is 12.5. The lowest BCUT2D eigenvalue weighted by Crippen LogP contribution is -2.51. The minimum atomic E-state index is -0.539. The third-order valence-corrected chi connectivity index (χ3v) is 11.4. The smallest absolute Gasteiger partial charge is 0.254 e. The van der Waals surface area contributed by atoms with Crippen molar-refractivity contribution in [3.05, 3.63) is 75.7 Å². The number of carbonyl (C=O) groups is 2. The first-order valence-corrected chi connectivity index (χ1v) is 17.9. The molecule has 4 atom stereocenters. The van der Waals surface area contributed by atoms with Gasteiger partial charge in [-0.05, 0) is 93.8 Å². The third-order valence-electron chi connectivity index (χ3n) is 11.1. The highest BCUT2D eigenvalue weighted by Crippen LogP contribution is 2.39. The molecule has 10 nitrogen and oxygen atoms in total. The Labute approximate surface area is 294 Å². The molecule has 260 valence electrons. The fourth-order valence-corrected chi connectivity index (χ4v) is 8.54. The van der Waals surface area contributed by atoms with Crippen molar-refractivity contribution in [2.24, 2.45) is 18.7 Å². The van der Waals surface area contributed by atoms with Crippen molar-refractivity contribution in [1.29, 1.82) is 0 Å². The summed E-state index contributed by atoms with van der Waals surface area (Å²) in [7, 11) is 3.57. The van der Waals surface area contributed by atoms with Crippen molar-refractivity contribution < 1.29 is 18.7 Å². The maximum Gasteiger partial charge on any atom is 0.254 e. The van der Waals surface area contributed by atoms with Gasteiger partial charge in [0.15, 0.2) is 5.82 Å². The number of nitrogens with one attached hydrogen (secondary N) is 1. The van der Waals surface area contributed by atoms with Gasteiger partial charge in [0.25, 0.3) is 11.8 Å². The molecule has 2 amide bonds. The number of ether oxygens (including phenoxy) is 1. The van der Waals surface area contributed by atoms with Crippen molar-refractivity contribution in [2.75, 3.05) is 13.7 Å². The zero-order valence-corrected chi connectivity index (χ0v) is 29.3. The van der Waals surface area contributed by atoms with Crippen LogP contribution in [0, 0.1) is 11.7 Å². The van der Waals surface area contributed by atoms with Crippen LogP contribution in [0.3, 0.4) is 0 Å². The molecule has 5 aromatic rings. The van der Waals surface area contributed by atoms with Crippen molar-refractivity contribution in [2.45, 2.75) is 76.5 Å². The number of methoxy groups -OCH3 is 1. The summed E-state index contributed by atoms with van der Waals surface area (Å²) < 4.78 is 25.2.